The van der Waals surface area contributed by atoms with E-state index >= 15 is 0 Å². The van der Waals surface area contributed by atoms with Crippen LogP contribution >= 0.6 is 27.5 Å². The summed E-state index contributed by atoms with van der Waals surface area (Å²) < 4.78 is 0.993. The van der Waals surface area contributed by atoms with Gasteiger partial charge in [-0.15, -0.1) is 0 Å². The smallest absolute Gasteiger partial charge is 0.274 e. The molecule has 4 aromatic rings. The number of nitrogens with zero attached hydrogens (tertiary/aromatic N) is 3. The minimum atomic E-state index is -0.320. The normalized spacial score (nSPS) is 16.1. The number of hydrogen-bond donors (Lipinski definition) is 1. The molecule has 1 aromatic heterocycles. The van der Waals surface area contributed by atoms with E-state index in [4.69, 9.17) is 21.7 Å². The highest BCUT2D eigenvalue weighted by atomic mass is 79.9. The summed E-state index contributed by atoms with van der Waals surface area (Å²) >= 11 is 9.45. The maximum absolute atomic E-state index is 13.3. The molecule has 1 unspecified atom stereocenters. The number of halogens is 2. The van der Waals surface area contributed by atoms with E-state index in [1.165, 1.54) is 5.01 Å². The monoisotopic (exact) mass is 478 g/mol. The molecular formula is C23H16BrClN4O. The predicted molar refractivity (Wildman–Crippen MR) is 122 cm³/mol. The van der Waals surface area contributed by atoms with E-state index in [-0.39, 0.29) is 11.9 Å². The lowest BCUT2D eigenvalue weighted by molar-refractivity contribution is 0.0705. The van der Waals surface area contributed by atoms with E-state index in [1.807, 2.05) is 48.5 Å². The molecule has 5 rings (SSSR count). The average molecular weight is 480 g/mol. The average Bonchev–Trinajstić information content (AvgIpc) is 3.39. The molecule has 1 atom stereocenters. The van der Waals surface area contributed by atoms with Crippen LogP contribution in [0.2, 0.25) is 5.02 Å². The molecule has 0 fully saturated rings. The Labute approximate surface area is 186 Å². The molecule has 5 nitrogen and oxygen atoms in total. The SMILES string of the molecule is O=C(c1ccc(Cl)cc1)N1N=C(c2ccc(Br)cc2)CC1c1nc2ccccc2[nH]1. The molecule has 148 valence electrons. The third-order valence-electron chi connectivity index (χ3n) is 5.11. The van der Waals surface area contributed by atoms with E-state index in [2.05, 4.69) is 20.9 Å². The molecule has 0 radical (unpaired) electrons. The van der Waals surface area contributed by atoms with Crippen molar-refractivity contribution in [2.45, 2.75) is 12.5 Å². The lowest BCUT2D eigenvalue weighted by Gasteiger charge is -2.20. The number of aromatic nitrogens is 2. The summed E-state index contributed by atoms with van der Waals surface area (Å²) in [5, 5.41) is 6.82. The highest BCUT2D eigenvalue weighted by Crippen LogP contribution is 2.34. The van der Waals surface area contributed by atoms with E-state index in [1.54, 1.807) is 24.3 Å². The molecule has 0 saturated heterocycles. The Morgan fingerprint density at radius 2 is 1.77 bits per heavy atom. The maximum atomic E-state index is 13.3. The fourth-order valence-corrected chi connectivity index (χ4v) is 3.97. The van der Waals surface area contributed by atoms with Crippen molar-refractivity contribution >= 4 is 50.2 Å². The number of amides is 1. The number of carbonyl (C=O) groups excluding carboxylic acids is 1. The predicted octanol–water partition coefficient (Wildman–Crippen LogP) is 5.97. The van der Waals surface area contributed by atoms with Crippen LogP contribution < -0.4 is 0 Å². The molecule has 30 heavy (non-hydrogen) atoms. The first-order valence-electron chi connectivity index (χ1n) is 9.46. The van der Waals surface area contributed by atoms with Crippen molar-refractivity contribution in [2.24, 2.45) is 5.10 Å². The number of aromatic amines is 1. The minimum absolute atomic E-state index is 0.191. The van der Waals surface area contributed by atoms with Gasteiger partial charge in [-0.1, -0.05) is 51.8 Å². The Morgan fingerprint density at radius 1 is 1.03 bits per heavy atom. The van der Waals surface area contributed by atoms with Crippen LogP contribution in [0, 0.1) is 0 Å². The van der Waals surface area contributed by atoms with E-state index in [0.29, 0.717) is 17.0 Å². The molecular weight excluding hydrogens is 464 g/mol. The molecule has 7 heteroatoms. The topological polar surface area (TPSA) is 61.4 Å². The third-order valence-corrected chi connectivity index (χ3v) is 5.89. The van der Waals surface area contributed by atoms with Gasteiger partial charge in [0.15, 0.2) is 0 Å². The lowest BCUT2D eigenvalue weighted by atomic mass is 10.0. The fraction of sp³-hybridized carbons (Fsp3) is 0.0870. The number of fused-ring (bicyclic) bond motifs is 1. The largest absolute Gasteiger partial charge is 0.340 e. The number of hydrazone groups is 1. The van der Waals surface area contributed by atoms with Crippen LogP contribution in [0.5, 0.6) is 0 Å². The van der Waals surface area contributed by atoms with Gasteiger partial charge in [0.25, 0.3) is 5.91 Å². The van der Waals surface area contributed by atoms with Crippen molar-refractivity contribution in [1.29, 1.82) is 0 Å². The van der Waals surface area contributed by atoms with Crippen molar-refractivity contribution in [3.8, 4) is 0 Å². The molecule has 1 aliphatic heterocycles. The van der Waals surface area contributed by atoms with Gasteiger partial charge in [0.2, 0.25) is 0 Å². The first-order chi connectivity index (χ1) is 14.6. The summed E-state index contributed by atoms with van der Waals surface area (Å²) in [7, 11) is 0. The summed E-state index contributed by atoms with van der Waals surface area (Å²) in [4.78, 5) is 21.4. The minimum Gasteiger partial charge on any atom is -0.340 e. The standard InChI is InChI=1S/C23H16BrClN4O/c24-16-9-5-14(6-10-16)20-13-21(22-26-18-3-1-2-4-19(18)27-22)29(28-20)23(30)15-7-11-17(25)12-8-15/h1-12,21H,13H2,(H,26,27). The quantitative estimate of drug-likeness (QED) is 0.393. The summed E-state index contributed by atoms with van der Waals surface area (Å²) in [6.45, 7) is 0. The first kappa shape index (κ1) is 19.0. The number of nitrogens with one attached hydrogen (secondary N) is 1. The zero-order valence-corrected chi connectivity index (χ0v) is 18.1. The molecule has 0 bridgehead atoms. The van der Waals surface area contributed by atoms with E-state index in [0.717, 1.165) is 32.6 Å². The molecule has 0 spiro atoms. The van der Waals surface area contributed by atoms with Crippen molar-refractivity contribution < 1.29 is 4.79 Å². The number of rotatable bonds is 3. The second-order valence-corrected chi connectivity index (χ2v) is 8.42. The zero-order chi connectivity index (χ0) is 20.7. The van der Waals surface area contributed by atoms with E-state index < -0.39 is 0 Å². The first-order valence-corrected chi connectivity index (χ1v) is 10.6. The van der Waals surface area contributed by atoms with Gasteiger partial charge in [0.1, 0.15) is 11.9 Å². The van der Waals surface area contributed by atoms with Crippen LogP contribution in [0.4, 0.5) is 0 Å². The van der Waals surface area contributed by atoms with Crippen LogP contribution in [0.1, 0.15) is 34.2 Å². The molecule has 0 saturated carbocycles. The summed E-state index contributed by atoms with van der Waals surface area (Å²) in [5.74, 6) is 0.526. The maximum Gasteiger partial charge on any atom is 0.274 e. The number of imidazole rings is 1. The Hall–Kier alpha value is -2.96. The zero-order valence-electron chi connectivity index (χ0n) is 15.7. The van der Waals surface area contributed by atoms with Crippen molar-refractivity contribution in [1.82, 2.24) is 15.0 Å². The van der Waals surface area contributed by atoms with Gasteiger partial charge in [-0.3, -0.25) is 4.79 Å². The second-order valence-electron chi connectivity index (χ2n) is 7.07. The summed E-state index contributed by atoms with van der Waals surface area (Å²) in [5.41, 5.74) is 4.15. The number of hydrogen-bond acceptors (Lipinski definition) is 3. The Morgan fingerprint density at radius 3 is 2.50 bits per heavy atom. The summed E-state index contributed by atoms with van der Waals surface area (Å²) in [6, 6.07) is 22.3. The molecule has 3 aromatic carbocycles. The Balaban J connectivity index is 1.56. The van der Waals surface area contributed by atoms with Gasteiger partial charge < -0.3 is 4.98 Å². The molecule has 2 heterocycles. The van der Waals surface area contributed by atoms with E-state index in [9.17, 15) is 4.79 Å². The van der Waals surface area contributed by atoms with Gasteiger partial charge in [0.05, 0.1) is 16.7 Å². The van der Waals surface area contributed by atoms with Crippen molar-refractivity contribution in [3.63, 3.8) is 0 Å². The number of carbonyl (C=O) groups is 1. The fourth-order valence-electron chi connectivity index (χ4n) is 3.58. The van der Waals surface area contributed by atoms with Gasteiger partial charge in [-0.25, -0.2) is 9.99 Å². The van der Waals surface area contributed by atoms with Crippen molar-refractivity contribution in [2.75, 3.05) is 0 Å². The highest BCUT2D eigenvalue weighted by Gasteiger charge is 2.35. The second kappa shape index (κ2) is 7.70. The van der Waals surface area contributed by atoms with Crippen LogP contribution in [-0.2, 0) is 0 Å². The highest BCUT2D eigenvalue weighted by molar-refractivity contribution is 9.10. The van der Waals surface area contributed by atoms with Gasteiger partial charge in [-0.2, -0.15) is 5.10 Å². The molecule has 0 aliphatic carbocycles. The number of para-hydroxylation sites is 2. The Kier molecular flexibility index (Phi) is 4.89. The Bertz CT molecular complexity index is 1230. The van der Waals surface area contributed by atoms with Crippen LogP contribution in [0.15, 0.2) is 82.4 Å². The number of benzene rings is 3. The van der Waals surface area contributed by atoms with Gasteiger partial charge in [-0.05, 0) is 54.1 Å². The third kappa shape index (κ3) is 3.53. The van der Waals surface area contributed by atoms with Crippen LogP contribution in [0.25, 0.3) is 11.0 Å². The molecule has 1 aliphatic rings. The van der Waals surface area contributed by atoms with Crippen LogP contribution in [-0.4, -0.2) is 26.6 Å². The van der Waals surface area contributed by atoms with Crippen LogP contribution in [0.3, 0.4) is 0 Å². The molecule has 1 amide bonds. The van der Waals surface area contributed by atoms with Gasteiger partial charge in [0, 0.05) is 21.5 Å². The number of H-pyrrole nitrogens is 1. The molecule has 1 N–H and O–H groups in total. The summed E-state index contributed by atoms with van der Waals surface area (Å²) in [6.07, 6.45) is 0.570. The van der Waals surface area contributed by atoms with Gasteiger partial charge >= 0.3 is 0 Å². The lowest BCUT2D eigenvalue weighted by Crippen LogP contribution is -2.27. The van der Waals surface area contributed by atoms with Crippen molar-refractivity contribution in [3.05, 3.63) is 99.2 Å².